The summed E-state index contributed by atoms with van der Waals surface area (Å²) >= 11 is 1.48. The number of amides is 1. The molecule has 5 heteroatoms. The van der Waals surface area contributed by atoms with Gasteiger partial charge in [-0.05, 0) is 31.0 Å². The Hall–Kier alpha value is -2.32. The van der Waals surface area contributed by atoms with Crippen molar-refractivity contribution in [2.75, 3.05) is 0 Å². The van der Waals surface area contributed by atoms with E-state index in [1.54, 1.807) is 0 Å². The van der Waals surface area contributed by atoms with Crippen molar-refractivity contribution in [3.8, 4) is 22.3 Å². The number of fused-ring (bicyclic) bond motifs is 3. The van der Waals surface area contributed by atoms with Gasteiger partial charge in [0.05, 0.1) is 10.9 Å². The number of nitriles is 1. The zero-order valence-corrected chi connectivity index (χ0v) is 14.1. The molecule has 0 atom stereocenters. The summed E-state index contributed by atoms with van der Waals surface area (Å²) in [5, 5.41) is 12.5. The minimum Gasteiger partial charge on any atom is -0.488 e. The van der Waals surface area contributed by atoms with Gasteiger partial charge in [-0.1, -0.05) is 31.4 Å². The van der Waals surface area contributed by atoms with Gasteiger partial charge in [0, 0.05) is 16.0 Å². The summed E-state index contributed by atoms with van der Waals surface area (Å²) in [4.78, 5) is 14.5. The summed E-state index contributed by atoms with van der Waals surface area (Å²) in [5.41, 5.74) is 1.38. The Labute approximate surface area is 145 Å². The predicted octanol–water partition coefficient (Wildman–Crippen LogP) is 4.26. The Balaban J connectivity index is 1.61. The normalized spacial score (nSPS) is 17.8. The SMILES string of the molecule is N#CC1(NC(=O)c2cc3c(s2)-c2ccccc2OC3)CCCCC1. The first-order valence-electron chi connectivity index (χ1n) is 8.29. The van der Waals surface area contributed by atoms with Crippen LogP contribution in [0.1, 0.15) is 47.3 Å². The van der Waals surface area contributed by atoms with E-state index in [-0.39, 0.29) is 5.91 Å². The fourth-order valence-electron chi connectivity index (χ4n) is 3.51. The van der Waals surface area contributed by atoms with E-state index >= 15 is 0 Å². The first-order chi connectivity index (χ1) is 11.7. The van der Waals surface area contributed by atoms with Crippen molar-refractivity contribution in [3.63, 3.8) is 0 Å². The molecule has 1 aromatic heterocycles. The van der Waals surface area contributed by atoms with Crippen LogP contribution in [0, 0.1) is 11.3 Å². The van der Waals surface area contributed by atoms with Crippen molar-refractivity contribution in [2.24, 2.45) is 0 Å². The van der Waals surface area contributed by atoms with E-state index in [2.05, 4.69) is 11.4 Å². The summed E-state index contributed by atoms with van der Waals surface area (Å²) in [6.07, 6.45) is 4.62. The van der Waals surface area contributed by atoms with Gasteiger partial charge in [0.2, 0.25) is 0 Å². The number of hydrogen-bond donors (Lipinski definition) is 1. The van der Waals surface area contributed by atoms with Gasteiger partial charge in [0.25, 0.3) is 5.91 Å². The molecule has 1 aliphatic heterocycles. The van der Waals surface area contributed by atoms with Crippen molar-refractivity contribution in [3.05, 3.63) is 40.8 Å². The topological polar surface area (TPSA) is 62.1 Å². The zero-order valence-electron chi connectivity index (χ0n) is 13.3. The second-order valence-corrected chi connectivity index (χ2v) is 7.51. The van der Waals surface area contributed by atoms with Crippen LogP contribution < -0.4 is 10.1 Å². The van der Waals surface area contributed by atoms with Crippen LogP contribution in [-0.2, 0) is 6.61 Å². The molecular weight excluding hydrogens is 320 g/mol. The summed E-state index contributed by atoms with van der Waals surface area (Å²) < 4.78 is 5.76. The lowest BCUT2D eigenvalue weighted by Gasteiger charge is -2.31. The Morgan fingerprint density at radius 3 is 2.83 bits per heavy atom. The van der Waals surface area contributed by atoms with Gasteiger partial charge >= 0.3 is 0 Å². The predicted molar refractivity (Wildman–Crippen MR) is 93.0 cm³/mol. The molecule has 1 aliphatic carbocycles. The van der Waals surface area contributed by atoms with Crippen LogP contribution in [-0.4, -0.2) is 11.4 Å². The third-order valence-corrected chi connectivity index (χ3v) is 6.03. The van der Waals surface area contributed by atoms with Crippen LogP contribution >= 0.6 is 11.3 Å². The molecule has 1 fully saturated rings. The van der Waals surface area contributed by atoms with Gasteiger partial charge in [-0.25, -0.2) is 0 Å². The van der Waals surface area contributed by atoms with Crippen LogP contribution in [0.15, 0.2) is 30.3 Å². The van der Waals surface area contributed by atoms with Gasteiger partial charge in [0.15, 0.2) is 0 Å². The number of ether oxygens (including phenoxy) is 1. The fourth-order valence-corrected chi connectivity index (χ4v) is 4.60. The largest absolute Gasteiger partial charge is 0.488 e. The number of para-hydroxylation sites is 1. The van der Waals surface area contributed by atoms with E-state index < -0.39 is 5.54 Å². The average molecular weight is 338 g/mol. The van der Waals surface area contributed by atoms with Crippen molar-refractivity contribution >= 4 is 17.2 Å². The molecule has 2 aromatic rings. The monoisotopic (exact) mass is 338 g/mol. The van der Waals surface area contributed by atoms with Crippen molar-refractivity contribution in [1.29, 1.82) is 5.26 Å². The molecule has 1 saturated carbocycles. The van der Waals surface area contributed by atoms with E-state index in [9.17, 15) is 10.1 Å². The van der Waals surface area contributed by atoms with E-state index in [0.717, 1.165) is 53.9 Å². The van der Waals surface area contributed by atoms with E-state index in [1.807, 2.05) is 30.3 Å². The second kappa shape index (κ2) is 5.95. The van der Waals surface area contributed by atoms with Gasteiger partial charge in [-0.3, -0.25) is 4.79 Å². The number of nitrogens with one attached hydrogen (secondary N) is 1. The third kappa shape index (κ3) is 2.57. The Morgan fingerprint density at radius 1 is 1.25 bits per heavy atom. The highest BCUT2D eigenvalue weighted by atomic mass is 32.1. The lowest BCUT2D eigenvalue weighted by atomic mass is 9.83. The molecule has 1 amide bonds. The van der Waals surface area contributed by atoms with E-state index in [4.69, 9.17) is 4.74 Å². The molecule has 24 heavy (non-hydrogen) atoms. The molecule has 0 saturated heterocycles. The van der Waals surface area contributed by atoms with Crippen LogP contribution in [0.3, 0.4) is 0 Å². The van der Waals surface area contributed by atoms with Gasteiger partial charge < -0.3 is 10.1 Å². The number of carbonyl (C=O) groups is 1. The van der Waals surface area contributed by atoms with Gasteiger partial charge in [-0.2, -0.15) is 5.26 Å². The standard InChI is InChI=1S/C19H18N2O2S/c20-12-19(8-4-1-5-9-19)21-18(22)16-10-13-11-23-15-7-3-2-6-14(15)17(13)24-16/h2-3,6-7,10H,1,4-5,8-9,11H2,(H,21,22). The lowest BCUT2D eigenvalue weighted by molar-refractivity contribution is 0.0907. The number of rotatable bonds is 2. The average Bonchev–Trinajstić information content (AvgIpc) is 3.07. The summed E-state index contributed by atoms with van der Waals surface area (Å²) in [7, 11) is 0. The smallest absolute Gasteiger partial charge is 0.262 e. The number of benzene rings is 1. The fraction of sp³-hybridized carbons (Fsp3) is 0.368. The van der Waals surface area contributed by atoms with Crippen molar-refractivity contribution < 1.29 is 9.53 Å². The maximum absolute atomic E-state index is 12.7. The quantitative estimate of drug-likeness (QED) is 0.890. The molecule has 0 spiro atoms. The molecule has 1 aromatic carbocycles. The lowest BCUT2D eigenvalue weighted by Crippen LogP contribution is -2.48. The highest BCUT2D eigenvalue weighted by Crippen LogP contribution is 2.42. The van der Waals surface area contributed by atoms with Crippen LogP contribution in [0.25, 0.3) is 10.4 Å². The Kier molecular flexibility index (Phi) is 3.78. The van der Waals surface area contributed by atoms with Gasteiger partial charge in [-0.15, -0.1) is 11.3 Å². The minimum absolute atomic E-state index is 0.143. The molecule has 0 bridgehead atoms. The molecule has 0 unspecified atom stereocenters. The molecular formula is C19H18N2O2S. The van der Waals surface area contributed by atoms with Gasteiger partial charge in [0.1, 0.15) is 17.9 Å². The third-order valence-electron chi connectivity index (χ3n) is 4.82. The Morgan fingerprint density at radius 2 is 2.04 bits per heavy atom. The Bertz CT molecular complexity index is 828. The summed E-state index contributed by atoms with van der Waals surface area (Å²) in [6, 6.07) is 12.1. The number of hydrogen-bond acceptors (Lipinski definition) is 4. The van der Waals surface area contributed by atoms with Crippen LogP contribution in [0.4, 0.5) is 0 Å². The highest BCUT2D eigenvalue weighted by molar-refractivity contribution is 7.17. The van der Waals surface area contributed by atoms with E-state index in [0.29, 0.717) is 11.5 Å². The molecule has 4 rings (SSSR count). The molecule has 1 N–H and O–H groups in total. The first-order valence-corrected chi connectivity index (χ1v) is 9.11. The summed E-state index contributed by atoms with van der Waals surface area (Å²) in [6.45, 7) is 0.486. The highest BCUT2D eigenvalue weighted by Gasteiger charge is 2.34. The molecule has 122 valence electrons. The maximum Gasteiger partial charge on any atom is 0.262 e. The van der Waals surface area contributed by atoms with Crippen LogP contribution in [0.5, 0.6) is 5.75 Å². The summed E-state index contributed by atoms with van der Waals surface area (Å²) in [5.74, 6) is 0.718. The molecule has 4 nitrogen and oxygen atoms in total. The second-order valence-electron chi connectivity index (χ2n) is 6.46. The number of thiophene rings is 1. The molecule has 0 radical (unpaired) electrons. The number of carbonyl (C=O) groups excluding carboxylic acids is 1. The van der Waals surface area contributed by atoms with Crippen molar-refractivity contribution in [2.45, 2.75) is 44.2 Å². The van der Waals surface area contributed by atoms with Crippen molar-refractivity contribution in [1.82, 2.24) is 5.32 Å². The van der Waals surface area contributed by atoms with E-state index in [1.165, 1.54) is 11.3 Å². The first kappa shape index (κ1) is 15.2. The zero-order chi connectivity index (χ0) is 16.6. The maximum atomic E-state index is 12.7. The van der Waals surface area contributed by atoms with Crippen LogP contribution in [0.2, 0.25) is 0 Å². The molecule has 2 aliphatic rings. The minimum atomic E-state index is -0.700. The number of nitrogens with zero attached hydrogens (tertiary/aromatic N) is 1. The molecule has 2 heterocycles.